The van der Waals surface area contributed by atoms with E-state index in [2.05, 4.69) is 4.99 Å². The van der Waals surface area contributed by atoms with Crippen molar-refractivity contribution < 1.29 is 9.18 Å². The maximum absolute atomic E-state index is 13.5. The van der Waals surface area contributed by atoms with E-state index in [0.29, 0.717) is 5.56 Å². The van der Waals surface area contributed by atoms with Crippen molar-refractivity contribution in [2.45, 2.75) is 38.1 Å². The van der Waals surface area contributed by atoms with Crippen LogP contribution in [0.3, 0.4) is 0 Å². The molecule has 1 aromatic carbocycles. The number of carbonyl (C=O) groups excluding carboxylic acids is 1. The minimum Gasteiger partial charge on any atom is -0.211 e. The molecule has 0 aromatic heterocycles. The highest BCUT2D eigenvalue weighted by molar-refractivity contribution is 6.30. The number of benzene rings is 1. The molecule has 0 atom stereocenters. The van der Waals surface area contributed by atoms with Crippen molar-refractivity contribution in [3.8, 4) is 0 Å². The molecule has 0 aliphatic heterocycles. The molecule has 90 valence electrons. The topological polar surface area (TPSA) is 29.4 Å². The predicted octanol–water partition coefficient (Wildman–Crippen LogP) is 3.89. The zero-order valence-corrected chi connectivity index (χ0v) is 10.4. The van der Waals surface area contributed by atoms with Gasteiger partial charge in [0, 0.05) is 0 Å². The summed E-state index contributed by atoms with van der Waals surface area (Å²) < 4.78 is 13.5. The monoisotopic (exact) mass is 253 g/mol. The molecule has 0 spiro atoms. The van der Waals surface area contributed by atoms with E-state index in [-0.39, 0.29) is 5.02 Å². The van der Waals surface area contributed by atoms with E-state index in [1.807, 2.05) is 0 Å². The lowest BCUT2D eigenvalue weighted by molar-refractivity contribution is 0.454. The quantitative estimate of drug-likeness (QED) is 0.581. The van der Waals surface area contributed by atoms with Crippen LogP contribution < -0.4 is 0 Å². The standard InChI is InChI=1S/C13H13ClFNO/c1-9-6-10(7-11(14)12(9)15)13(16-8-17)4-2-3-5-13/h6-7H,2-5H2,1H3. The largest absolute Gasteiger partial charge is 0.235 e. The van der Waals surface area contributed by atoms with Crippen LogP contribution >= 0.6 is 11.6 Å². The maximum atomic E-state index is 13.5. The number of isocyanates is 1. The first-order chi connectivity index (χ1) is 8.09. The third-order valence-corrected chi connectivity index (χ3v) is 3.71. The van der Waals surface area contributed by atoms with Crippen LogP contribution in [0.15, 0.2) is 17.1 Å². The molecule has 1 aliphatic rings. The lowest BCUT2D eigenvalue weighted by Crippen LogP contribution is -2.19. The molecule has 1 saturated carbocycles. The van der Waals surface area contributed by atoms with Gasteiger partial charge in [0.2, 0.25) is 6.08 Å². The minimum atomic E-state index is -0.538. The third kappa shape index (κ3) is 2.13. The Labute approximate surface area is 105 Å². The van der Waals surface area contributed by atoms with E-state index < -0.39 is 11.4 Å². The Balaban J connectivity index is 2.54. The molecule has 2 nitrogen and oxygen atoms in total. The first kappa shape index (κ1) is 12.3. The normalized spacial score (nSPS) is 17.8. The molecule has 4 heteroatoms. The van der Waals surface area contributed by atoms with Gasteiger partial charge in [-0.25, -0.2) is 9.18 Å². The Morgan fingerprint density at radius 3 is 2.59 bits per heavy atom. The lowest BCUT2D eigenvalue weighted by Gasteiger charge is -2.23. The molecule has 0 N–H and O–H groups in total. The first-order valence-corrected chi connectivity index (χ1v) is 6.02. The van der Waals surface area contributed by atoms with Gasteiger partial charge >= 0.3 is 0 Å². The van der Waals surface area contributed by atoms with E-state index in [9.17, 15) is 9.18 Å². The van der Waals surface area contributed by atoms with E-state index in [1.165, 1.54) is 0 Å². The molecule has 0 bridgehead atoms. The lowest BCUT2D eigenvalue weighted by atomic mass is 9.88. The van der Waals surface area contributed by atoms with Crippen LogP contribution in [0.4, 0.5) is 4.39 Å². The maximum Gasteiger partial charge on any atom is 0.235 e. The summed E-state index contributed by atoms with van der Waals surface area (Å²) in [6.07, 6.45) is 5.26. The van der Waals surface area contributed by atoms with Gasteiger partial charge in [-0.1, -0.05) is 30.5 Å². The summed E-state index contributed by atoms with van der Waals surface area (Å²) in [6.45, 7) is 1.66. The second kappa shape index (κ2) is 4.59. The molecule has 0 radical (unpaired) electrons. The summed E-state index contributed by atoms with van der Waals surface area (Å²) in [7, 11) is 0. The van der Waals surface area contributed by atoms with Gasteiger partial charge in [0.15, 0.2) is 0 Å². The number of hydrogen-bond donors (Lipinski definition) is 0. The van der Waals surface area contributed by atoms with Crippen LogP contribution in [-0.4, -0.2) is 6.08 Å². The van der Waals surface area contributed by atoms with Gasteiger partial charge < -0.3 is 0 Å². The zero-order chi connectivity index (χ0) is 12.5. The van der Waals surface area contributed by atoms with Crippen molar-refractivity contribution in [3.05, 3.63) is 34.1 Å². The summed E-state index contributed by atoms with van der Waals surface area (Å²) in [6, 6.07) is 3.31. The molecule has 0 amide bonds. The Kier molecular flexibility index (Phi) is 3.32. The average molecular weight is 254 g/mol. The van der Waals surface area contributed by atoms with Gasteiger partial charge in [-0.15, -0.1) is 0 Å². The van der Waals surface area contributed by atoms with E-state index in [1.54, 1.807) is 25.1 Å². The van der Waals surface area contributed by atoms with Crippen molar-refractivity contribution in [2.24, 2.45) is 4.99 Å². The second-order valence-corrected chi connectivity index (χ2v) is 4.94. The van der Waals surface area contributed by atoms with Crippen LogP contribution in [0.1, 0.15) is 36.8 Å². The van der Waals surface area contributed by atoms with Crippen LogP contribution in [-0.2, 0) is 10.3 Å². The Morgan fingerprint density at radius 1 is 1.41 bits per heavy atom. The summed E-state index contributed by atoms with van der Waals surface area (Å²) in [5.74, 6) is -0.404. The van der Waals surface area contributed by atoms with E-state index in [4.69, 9.17) is 11.6 Å². The number of hydrogen-bond acceptors (Lipinski definition) is 2. The van der Waals surface area contributed by atoms with Crippen molar-refractivity contribution in [1.82, 2.24) is 0 Å². The zero-order valence-electron chi connectivity index (χ0n) is 9.59. The van der Waals surface area contributed by atoms with Gasteiger partial charge in [0.05, 0.1) is 10.6 Å². The van der Waals surface area contributed by atoms with Crippen LogP contribution in [0.25, 0.3) is 0 Å². The Bertz CT molecular complexity index is 465. The highest BCUT2D eigenvalue weighted by atomic mass is 35.5. The molecule has 1 aromatic rings. The Morgan fingerprint density at radius 2 is 2.06 bits per heavy atom. The summed E-state index contributed by atoms with van der Waals surface area (Å²) in [5.41, 5.74) is 0.770. The van der Waals surface area contributed by atoms with E-state index >= 15 is 0 Å². The molecule has 0 heterocycles. The van der Waals surface area contributed by atoms with Gasteiger partial charge in [-0.2, -0.15) is 4.99 Å². The van der Waals surface area contributed by atoms with Gasteiger partial charge in [-0.05, 0) is 37.0 Å². The molecule has 17 heavy (non-hydrogen) atoms. The smallest absolute Gasteiger partial charge is 0.211 e. The fraction of sp³-hybridized carbons (Fsp3) is 0.462. The number of aliphatic imine (C=N–C) groups is 1. The van der Waals surface area contributed by atoms with Gasteiger partial charge in [0.25, 0.3) is 0 Å². The van der Waals surface area contributed by atoms with Crippen molar-refractivity contribution >= 4 is 17.7 Å². The van der Waals surface area contributed by atoms with Crippen molar-refractivity contribution in [2.75, 3.05) is 0 Å². The summed E-state index contributed by atoms with van der Waals surface area (Å²) in [5, 5.41) is 0.0902. The van der Waals surface area contributed by atoms with Gasteiger partial charge in [0.1, 0.15) is 5.82 Å². The summed E-state index contributed by atoms with van der Waals surface area (Å²) in [4.78, 5) is 14.5. The van der Waals surface area contributed by atoms with Crippen molar-refractivity contribution in [3.63, 3.8) is 0 Å². The highest BCUT2D eigenvalue weighted by Gasteiger charge is 2.36. The molecule has 2 rings (SSSR count). The number of aryl methyl sites for hydroxylation is 1. The molecule has 0 saturated heterocycles. The highest BCUT2D eigenvalue weighted by Crippen LogP contribution is 2.43. The summed E-state index contributed by atoms with van der Waals surface area (Å²) >= 11 is 5.84. The molecular weight excluding hydrogens is 241 g/mol. The van der Waals surface area contributed by atoms with Gasteiger partial charge in [-0.3, -0.25) is 0 Å². The average Bonchev–Trinajstić information content (AvgIpc) is 2.75. The minimum absolute atomic E-state index is 0.0902. The van der Waals surface area contributed by atoms with Crippen LogP contribution in [0.5, 0.6) is 0 Å². The number of rotatable bonds is 2. The third-order valence-electron chi connectivity index (χ3n) is 3.44. The number of nitrogens with zero attached hydrogens (tertiary/aromatic N) is 1. The number of halogens is 2. The fourth-order valence-electron chi connectivity index (χ4n) is 2.51. The molecule has 0 unspecified atom stereocenters. The van der Waals surface area contributed by atoms with E-state index in [0.717, 1.165) is 31.2 Å². The first-order valence-electron chi connectivity index (χ1n) is 5.64. The molecular formula is C13H13ClFNO. The predicted molar refractivity (Wildman–Crippen MR) is 64.4 cm³/mol. The fourth-order valence-corrected chi connectivity index (χ4v) is 2.77. The molecule has 1 aliphatic carbocycles. The van der Waals surface area contributed by atoms with Crippen LogP contribution in [0, 0.1) is 12.7 Å². The van der Waals surface area contributed by atoms with Crippen molar-refractivity contribution in [1.29, 1.82) is 0 Å². The second-order valence-electron chi connectivity index (χ2n) is 4.53. The molecule has 1 fully saturated rings. The Hall–Kier alpha value is -1.18. The SMILES string of the molecule is Cc1cc(C2(N=C=O)CCCC2)cc(Cl)c1F. The van der Waals surface area contributed by atoms with Crippen LogP contribution in [0.2, 0.25) is 5.02 Å².